The molecule has 4 aromatic rings. The molecule has 8 nitrogen and oxygen atoms in total. The van der Waals surface area contributed by atoms with Gasteiger partial charge in [0.1, 0.15) is 11.5 Å². The molecule has 1 spiro atoms. The molecule has 0 aliphatic carbocycles. The average molecular weight is 558 g/mol. The molecule has 3 aliphatic heterocycles. The van der Waals surface area contributed by atoms with Crippen LogP contribution in [-0.4, -0.2) is 47.6 Å². The highest BCUT2D eigenvalue weighted by Crippen LogP contribution is 2.62. The van der Waals surface area contributed by atoms with Crippen LogP contribution < -0.4 is 14.8 Å². The Morgan fingerprint density at radius 2 is 1.60 bits per heavy atom. The van der Waals surface area contributed by atoms with Gasteiger partial charge in [-0.2, -0.15) is 0 Å². The number of para-hydroxylation sites is 1. The van der Waals surface area contributed by atoms with Crippen LogP contribution in [0.25, 0.3) is 6.08 Å². The van der Waals surface area contributed by atoms with Gasteiger partial charge in [0.05, 0.1) is 26.2 Å². The molecule has 0 unspecified atom stereocenters. The van der Waals surface area contributed by atoms with Crippen LogP contribution in [0.3, 0.4) is 0 Å². The summed E-state index contributed by atoms with van der Waals surface area (Å²) in [5, 5.41) is 3.06. The molecule has 1 fully saturated rings. The summed E-state index contributed by atoms with van der Waals surface area (Å²) in [5.41, 5.74) is 2.49. The van der Waals surface area contributed by atoms with E-state index in [9.17, 15) is 14.4 Å². The van der Waals surface area contributed by atoms with Crippen LogP contribution in [0.4, 0.5) is 5.69 Å². The molecule has 1 saturated heterocycles. The zero-order chi connectivity index (χ0) is 29.0. The number of hydrogen-bond donors (Lipinski definition) is 1. The molecule has 0 bridgehead atoms. The summed E-state index contributed by atoms with van der Waals surface area (Å²) < 4.78 is 10.9. The number of benzene rings is 3. The number of rotatable bonds is 6. The summed E-state index contributed by atoms with van der Waals surface area (Å²) in [7, 11) is 3.03. The lowest BCUT2D eigenvalue weighted by molar-refractivity contribution is -0.122. The van der Waals surface area contributed by atoms with Crippen molar-refractivity contribution in [1.82, 2.24) is 9.88 Å². The van der Waals surface area contributed by atoms with Crippen molar-refractivity contribution in [3.8, 4) is 11.5 Å². The molecule has 4 atom stereocenters. The third-order valence-electron chi connectivity index (χ3n) is 8.75. The first-order valence-corrected chi connectivity index (χ1v) is 13.7. The van der Waals surface area contributed by atoms with E-state index in [1.54, 1.807) is 42.7 Å². The monoisotopic (exact) mass is 557 g/mol. The summed E-state index contributed by atoms with van der Waals surface area (Å²) in [4.78, 5) is 49.9. The van der Waals surface area contributed by atoms with E-state index >= 15 is 0 Å². The molecular weight excluding hydrogens is 530 g/mol. The number of hydrogen-bond acceptors (Lipinski definition) is 7. The summed E-state index contributed by atoms with van der Waals surface area (Å²) >= 11 is 0. The van der Waals surface area contributed by atoms with E-state index in [-0.39, 0.29) is 17.5 Å². The maximum atomic E-state index is 14.7. The number of fused-ring (bicyclic) bond motifs is 6. The van der Waals surface area contributed by atoms with Gasteiger partial charge in [0.2, 0.25) is 5.91 Å². The number of Topliss-reactive ketones (excluding diaryl/α,β-unsaturated/α-hetero) is 2. The van der Waals surface area contributed by atoms with Crippen LogP contribution in [0, 0.1) is 5.92 Å². The SMILES string of the molecule is COc1ccc(C(=O)[C@H]2[C@@H](C(=O)c3ccncc3)[C@]3(C(=O)Nc4ccccc43)[C@H]3c4ccccc4C=CN23)cc1OC. The van der Waals surface area contributed by atoms with Crippen molar-refractivity contribution < 1.29 is 23.9 Å². The lowest BCUT2D eigenvalue weighted by Gasteiger charge is -2.38. The lowest BCUT2D eigenvalue weighted by atomic mass is 9.62. The first-order chi connectivity index (χ1) is 20.5. The van der Waals surface area contributed by atoms with Crippen molar-refractivity contribution >= 4 is 29.2 Å². The van der Waals surface area contributed by atoms with E-state index in [2.05, 4.69) is 10.3 Å². The van der Waals surface area contributed by atoms with Crippen LogP contribution in [0.1, 0.15) is 43.4 Å². The second-order valence-electron chi connectivity index (χ2n) is 10.6. The predicted octanol–water partition coefficient (Wildman–Crippen LogP) is 5.08. The first kappa shape index (κ1) is 25.7. The van der Waals surface area contributed by atoms with E-state index in [1.165, 1.54) is 14.2 Å². The number of aromatic nitrogens is 1. The van der Waals surface area contributed by atoms with Crippen LogP contribution in [-0.2, 0) is 10.2 Å². The number of carbonyl (C=O) groups excluding carboxylic acids is 3. The molecule has 208 valence electrons. The van der Waals surface area contributed by atoms with E-state index < -0.39 is 23.4 Å². The zero-order valence-electron chi connectivity index (χ0n) is 23.0. The molecule has 1 aromatic heterocycles. The highest BCUT2D eigenvalue weighted by molar-refractivity contribution is 6.16. The Morgan fingerprint density at radius 3 is 2.38 bits per heavy atom. The number of anilines is 1. The summed E-state index contributed by atoms with van der Waals surface area (Å²) in [6.45, 7) is 0. The number of methoxy groups -OCH3 is 2. The summed E-state index contributed by atoms with van der Waals surface area (Å²) in [6.07, 6.45) is 6.88. The maximum Gasteiger partial charge on any atom is 0.238 e. The third-order valence-corrected chi connectivity index (χ3v) is 8.75. The smallest absolute Gasteiger partial charge is 0.238 e. The van der Waals surface area contributed by atoms with Crippen molar-refractivity contribution in [2.45, 2.75) is 17.5 Å². The molecule has 8 heteroatoms. The molecule has 0 radical (unpaired) electrons. The summed E-state index contributed by atoms with van der Waals surface area (Å²) in [5.74, 6) is -1.10. The molecule has 7 rings (SSSR count). The normalized spacial score (nSPS) is 23.1. The lowest BCUT2D eigenvalue weighted by Crippen LogP contribution is -2.49. The minimum atomic E-state index is -1.39. The van der Waals surface area contributed by atoms with Crippen molar-refractivity contribution in [2.75, 3.05) is 19.5 Å². The second-order valence-corrected chi connectivity index (χ2v) is 10.6. The number of pyridine rings is 1. The Kier molecular flexibility index (Phi) is 5.93. The van der Waals surface area contributed by atoms with Crippen LogP contribution >= 0.6 is 0 Å². The van der Waals surface area contributed by atoms with Gasteiger partial charge in [-0.05, 0) is 59.2 Å². The average Bonchev–Trinajstić information content (AvgIpc) is 3.52. The van der Waals surface area contributed by atoms with E-state index in [1.807, 2.05) is 65.7 Å². The van der Waals surface area contributed by atoms with Gasteiger partial charge < -0.3 is 19.7 Å². The van der Waals surface area contributed by atoms with E-state index in [4.69, 9.17) is 9.47 Å². The summed E-state index contributed by atoms with van der Waals surface area (Å²) in [6, 6.07) is 21.9. The quantitative estimate of drug-likeness (QED) is 0.330. The fourth-order valence-corrected chi connectivity index (χ4v) is 7.02. The second kappa shape index (κ2) is 9.69. The number of ketones is 2. The van der Waals surface area contributed by atoms with Crippen molar-refractivity contribution in [1.29, 1.82) is 0 Å². The minimum absolute atomic E-state index is 0.300. The number of ether oxygens (including phenoxy) is 2. The topological polar surface area (TPSA) is 97.8 Å². The maximum absolute atomic E-state index is 14.7. The number of nitrogens with zero attached hydrogens (tertiary/aromatic N) is 2. The van der Waals surface area contributed by atoms with Crippen LogP contribution in [0.15, 0.2) is 97.5 Å². The van der Waals surface area contributed by atoms with E-state index in [0.717, 1.165) is 11.1 Å². The van der Waals surface area contributed by atoms with Crippen LogP contribution in [0.5, 0.6) is 11.5 Å². The van der Waals surface area contributed by atoms with Crippen molar-refractivity contribution in [3.05, 3.63) is 125 Å². The molecule has 42 heavy (non-hydrogen) atoms. The zero-order valence-corrected chi connectivity index (χ0v) is 23.0. The molecule has 3 aliphatic rings. The first-order valence-electron chi connectivity index (χ1n) is 13.7. The number of nitrogens with one attached hydrogen (secondary N) is 1. The third kappa shape index (κ3) is 3.48. The highest BCUT2D eigenvalue weighted by atomic mass is 16.5. The minimum Gasteiger partial charge on any atom is -0.493 e. The highest BCUT2D eigenvalue weighted by Gasteiger charge is 2.70. The van der Waals surface area contributed by atoms with Gasteiger partial charge in [-0.15, -0.1) is 0 Å². The Hall–Kier alpha value is -5.24. The molecule has 0 saturated carbocycles. The number of amides is 1. The standard InChI is InChI=1S/C34H27N3O5/c1-41-26-12-11-22(19-27(26)42-2)31(39)29-28(30(38)21-13-16-35-17-14-21)34(24-9-5-6-10-25(24)36-33(34)40)32-23-8-4-3-7-20(23)15-18-37(29)32/h3-19,28-29,32H,1-2H3,(H,36,40)/t28-,29+,32+,34-/m0/s1. The Labute approximate surface area is 242 Å². The number of carbonyl (C=O) groups is 3. The van der Waals surface area contributed by atoms with Gasteiger partial charge in [-0.3, -0.25) is 19.4 Å². The van der Waals surface area contributed by atoms with Gasteiger partial charge in [0, 0.05) is 35.4 Å². The van der Waals surface area contributed by atoms with Gasteiger partial charge in [0.15, 0.2) is 23.1 Å². The molecule has 1 amide bonds. The fourth-order valence-electron chi connectivity index (χ4n) is 7.02. The Bertz CT molecular complexity index is 1790. The molecule has 3 aromatic carbocycles. The Morgan fingerprint density at radius 1 is 0.857 bits per heavy atom. The predicted molar refractivity (Wildman–Crippen MR) is 157 cm³/mol. The van der Waals surface area contributed by atoms with Crippen molar-refractivity contribution in [2.24, 2.45) is 5.92 Å². The van der Waals surface area contributed by atoms with Gasteiger partial charge in [-0.1, -0.05) is 42.5 Å². The van der Waals surface area contributed by atoms with Gasteiger partial charge in [-0.25, -0.2) is 0 Å². The van der Waals surface area contributed by atoms with E-state index in [0.29, 0.717) is 33.9 Å². The fraction of sp³-hybridized carbons (Fsp3) is 0.176. The largest absolute Gasteiger partial charge is 0.493 e. The van der Waals surface area contributed by atoms with Gasteiger partial charge >= 0.3 is 0 Å². The molecule has 1 N–H and O–H groups in total. The molecule has 4 heterocycles. The van der Waals surface area contributed by atoms with Crippen LogP contribution in [0.2, 0.25) is 0 Å². The van der Waals surface area contributed by atoms with Crippen molar-refractivity contribution in [3.63, 3.8) is 0 Å². The molecular formula is C34H27N3O5. The van der Waals surface area contributed by atoms with Gasteiger partial charge in [0.25, 0.3) is 0 Å². The Balaban J connectivity index is 1.52.